The van der Waals surface area contributed by atoms with Crippen LogP contribution in [0.2, 0.25) is 0 Å². The molecular weight excluding hydrogens is 359 g/mol. The van der Waals surface area contributed by atoms with Gasteiger partial charge in [-0.1, -0.05) is 0 Å². The number of amides is 1. The first-order valence-corrected chi connectivity index (χ1v) is 7.87. The topological polar surface area (TPSA) is 110 Å². The van der Waals surface area contributed by atoms with Gasteiger partial charge in [0.15, 0.2) is 5.54 Å². The number of nitrogens with zero attached hydrogens (tertiary/aromatic N) is 1. The zero-order valence-corrected chi connectivity index (χ0v) is 14.0. The highest BCUT2D eigenvalue weighted by atomic mass is 32.2. The van der Waals surface area contributed by atoms with Crippen LogP contribution in [0, 0.1) is 0 Å². The average Bonchev–Trinajstić information content (AvgIpc) is 2.63. The number of carboxylic acids is 1. The number of hydrogen-bond donors (Lipinski definition) is 1. The fraction of sp³-hybridized carbons (Fsp3) is 0.667. The van der Waals surface area contributed by atoms with E-state index in [0.29, 0.717) is 11.0 Å². The standard InChI is InChI=1S/C12H16F3NO7S/c1-10(2,3)22-9(19)16-6-7(5-11(16,4)8(17)18)23-24(20,21)12(13,14)15/h5H,6H2,1-4H3,(H,17,18). The maximum Gasteiger partial charge on any atom is 0.534 e. The van der Waals surface area contributed by atoms with Crippen molar-refractivity contribution in [3.8, 4) is 0 Å². The van der Waals surface area contributed by atoms with Crippen LogP contribution >= 0.6 is 0 Å². The van der Waals surface area contributed by atoms with Gasteiger partial charge in [-0.15, -0.1) is 0 Å². The predicted molar refractivity (Wildman–Crippen MR) is 73.1 cm³/mol. The van der Waals surface area contributed by atoms with Gasteiger partial charge in [-0.3, -0.25) is 4.90 Å². The van der Waals surface area contributed by atoms with Gasteiger partial charge in [-0.2, -0.15) is 21.6 Å². The van der Waals surface area contributed by atoms with Crippen LogP contribution in [0.4, 0.5) is 18.0 Å². The molecule has 138 valence electrons. The van der Waals surface area contributed by atoms with Crippen molar-refractivity contribution < 1.29 is 45.2 Å². The molecule has 1 aliphatic heterocycles. The lowest BCUT2D eigenvalue weighted by molar-refractivity contribution is -0.146. The molecule has 0 fully saturated rings. The Kier molecular flexibility index (Phi) is 4.87. The highest BCUT2D eigenvalue weighted by molar-refractivity contribution is 7.87. The molecule has 0 aromatic heterocycles. The zero-order chi connectivity index (χ0) is 19.1. The van der Waals surface area contributed by atoms with E-state index in [4.69, 9.17) is 4.74 Å². The van der Waals surface area contributed by atoms with Crippen LogP contribution in [0.15, 0.2) is 11.8 Å². The summed E-state index contributed by atoms with van der Waals surface area (Å²) in [7, 11) is -5.98. The Bertz CT molecular complexity index is 678. The Morgan fingerprint density at radius 3 is 2.17 bits per heavy atom. The van der Waals surface area contributed by atoms with Crippen molar-refractivity contribution in [2.75, 3.05) is 6.54 Å². The Hall–Kier alpha value is -1.98. The average molecular weight is 375 g/mol. The predicted octanol–water partition coefficient (Wildman–Crippen LogP) is 1.83. The van der Waals surface area contributed by atoms with Crippen LogP contribution < -0.4 is 0 Å². The molecule has 0 aromatic rings. The summed E-state index contributed by atoms with van der Waals surface area (Å²) in [5, 5.41) is 9.24. The number of carboxylic acid groups (broad SMARTS) is 1. The van der Waals surface area contributed by atoms with Crippen LogP contribution in [0.5, 0.6) is 0 Å². The van der Waals surface area contributed by atoms with Crippen molar-refractivity contribution in [2.24, 2.45) is 0 Å². The van der Waals surface area contributed by atoms with E-state index in [9.17, 15) is 36.3 Å². The summed E-state index contributed by atoms with van der Waals surface area (Å²) < 4.78 is 68.0. The van der Waals surface area contributed by atoms with Crippen LogP contribution in [-0.4, -0.2) is 53.7 Å². The zero-order valence-electron chi connectivity index (χ0n) is 13.2. The van der Waals surface area contributed by atoms with Crippen LogP contribution in [0.25, 0.3) is 0 Å². The summed E-state index contributed by atoms with van der Waals surface area (Å²) >= 11 is 0. The largest absolute Gasteiger partial charge is 0.534 e. The molecule has 1 N–H and O–H groups in total. The molecule has 1 amide bonds. The van der Waals surface area contributed by atoms with E-state index in [2.05, 4.69) is 4.18 Å². The first-order valence-electron chi connectivity index (χ1n) is 6.46. The van der Waals surface area contributed by atoms with Gasteiger partial charge in [0.25, 0.3) is 0 Å². The molecule has 1 unspecified atom stereocenters. The lowest BCUT2D eigenvalue weighted by Gasteiger charge is -2.32. The third-order valence-corrected chi connectivity index (χ3v) is 3.86. The summed E-state index contributed by atoms with van der Waals surface area (Å²) in [5.41, 5.74) is -8.82. The molecule has 0 bridgehead atoms. The molecule has 0 spiro atoms. The van der Waals surface area contributed by atoms with Gasteiger partial charge in [-0.05, 0) is 33.8 Å². The fourth-order valence-electron chi connectivity index (χ4n) is 1.74. The summed E-state index contributed by atoms with van der Waals surface area (Å²) in [6.07, 6.45) is -0.533. The Labute approximate surface area is 135 Å². The maximum absolute atomic E-state index is 12.4. The Morgan fingerprint density at radius 2 is 1.79 bits per heavy atom. The van der Waals surface area contributed by atoms with E-state index in [1.807, 2.05) is 0 Å². The first-order chi connectivity index (χ1) is 10.5. The Balaban J connectivity index is 3.14. The lowest BCUT2D eigenvalue weighted by Crippen LogP contribution is -2.52. The minimum atomic E-state index is -5.98. The van der Waals surface area contributed by atoms with Gasteiger partial charge in [0.1, 0.15) is 11.4 Å². The molecule has 0 saturated heterocycles. The van der Waals surface area contributed by atoms with E-state index in [1.54, 1.807) is 0 Å². The summed E-state index contributed by atoms with van der Waals surface area (Å²) in [6, 6.07) is 0. The molecule has 1 rings (SSSR count). The van der Waals surface area contributed by atoms with Crippen LogP contribution in [0.1, 0.15) is 27.7 Å². The van der Waals surface area contributed by atoms with Gasteiger partial charge < -0.3 is 14.0 Å². The van der Waals surface area contributed by atoms with Gasteiger partial charge in [0, 0.05) is 0 Å². The number of carbonyl (C=O) groups is 2. The van der Waals surface area contributed by atoms with Crippen molar-refractivity contribution in [1.82, 2.24) is 4.90 Å². The number of rotatable bonds is 3. The molecule has 0 aliphatic carbocycles. The van der Waals surface area contributed by atoms with Gasteiger partial charge >= 0.3 is 27.7 Å². The molecule has 1 aliphatic rings. The number of ether oxygens (including phenoxy) is 1. The summed E-state index contributed by atoms with van der Waals surface area (Å²) in [6.45, 7) is 4.68. The molecular formula is C12H16F3NO7S. The first kappa shape index (κ1) is 20.1. The van der Waals surface area contributed by atoms with E-state index in [1.165, 1.54) is 20.8 Å². The SMILES string of the molecule is CC(C)(C)OC(=O)N1CC(OS(=O)(=O)C(F)(F)F)=CC1(C)C(=O)O. The maximum atomic E-state index is 12.4. The molecule has 0 aromatic carbocycles. The van der Waals surface area contributed by atoms with Gasteiger partial charge in [0.05, 0.1) is 6.54 Å². The number of alkyl halides is 3. The van der Waals surface area contributed by atoms with Gasteiger partial charge in [-0.25, -0.2) is 9.59 Å². The van der Waals surface area contributed by atoms with Crippen molar-refractivity contribution in [2.45, 2.75) is 44.3 Å². The molecule has 1 heterocycles. The van der Waals surface area contributed by atoms with Crippen LogP contribution in [-0.2, 0) is 23.8 Å². The fourth-order valence-corrected chi connectivity index (χ4v) is 2.22. The lowest BCUT2D eigenvalue weighted by atomic mass is 10.0. The summed E-state index contributed by atoms with van der Waals surface area (Å²) in [5.74, 6) is -2.44. The smallest absolute Gasteiger partial charge is 0.479 e. The van der Waals surface area contributed by atoms with Crippen molar-refractivity contribution >= 4 is 22.2 Å². The van der Waals surface area contributed by atoms with Crippen LogP contribution in [0.3, 0.4) is 0 Å². The van der Waals surface area contributed by atoms with E-state index in [0.717, 1.165) is 6.92 Å². The van der Waals surface area contributed by atoms with Crippen molar-refractivity contribution in [3.63, 3.8) is 0 Å². The molecule has 8 nitrogen and oxygen atoms in total. The monoisotopic (exact) mass is 375 g/mol. The van der Waals surface area contributed by atoms with E-state index < -0.39 is 51.1 Å². The number of hydrogen-bond acceptors (Lipinski definition) is 6. The number of carbonyl (C=O) groups excluding carboxylic acids is 1. The molecule has 0 saturated carbocycles. The highest BCUT2D eigenvalue weighted by Crippen LogP contribution is 2.33. The molecule has 24 heavy (non-hydrogen) atoms. The third kappa shape index (κ3) is 4.10. The van der Waals surface area contributed by atoms with Crippen molar-refractivity contribution in [1.29, 1.82) is 0 Å². The quantitative estimate of drug-likeness (QED) is 0.592. The summed E-state index contributed by atoms with van der Waals surface area (Å²) in [4.78, 5) is 24.0. The molecule has 12 heteroatoms. The van der Waals surface area contributed by atoms with E-state index >= 15 is 0 Å². The second-order valence-electron chi connectivity index (χ2n) is 6.11. The second kappa shape index (κ2) is 5.83. The molecule has 1 atom stereocenters. The second-order valence-corrected chi connectivity index (χ2v) is 7.65. The third-order valence-electron chi connectivity index (χ3n) is 2.86. The normalized spacial score (nSPS) is 22.1. The number of aliphatic carboxylic acids is 1. The minimum Gasteiger partial charge on any atom is -0.479 e. The highest BCUT2D eigenvalue weighted by Gasteiger charge is 2.53. The van der Waals surface area contributed by atoms with Gasteiger partial charge in [0.2, 0.25) is 0 Å². The molecule has 0 radical (unpaired) electrons. The van der Waals surface area contributed by atoms with Crippen molar-refractivity contribution in [3.05, 3.63) is 11.8 Å². The minimum absolute atomic E-state index is 0.557. The Morgan fingerprint density at radius 1 is 1.29 bits per heavy atom. The van der Waals surface area contributed by atoms with E-state index in [-0.39, 0.29) is 0 Å². The number of halogens is 3.